The maximum absolute atomic E-state index is 12.4. The van der Waals surface area contributed by atoms with E-state index in [-0.39, 0.29) is 17.7 Å². The number of fused-ring (bicyclic) bond motifs is 1. The van der Waals surface area contributed by atoms with Crippen molar-refractivity contribution in [3.05, 3.63) is 59.0 Å². The molecule has 2 aliphatic rings. The standard InChI is InChI=1S/C25H29N5O2/c1-16-21(10-11-24(31)27-20-6-4-3-5-7-20)17(2)30-23(26-16)14-22(28-30)19-12-13-29(15-19)25(32)18-8-9-18/h3-7,14,18-19H,8-13,15H2,1-2H3,(H,27,31). The third-order valence-corrected chi connectivity index (χ3v) is 6.69. The number of carbonyl (C=O) groups excluding carboxylic acids is 2. The summed E-state index contributed by atoms with van der Waals surface area (Å²) in [6.07, 6.45) is 4.04. The smallest absolute Gasteiger partial charge is 0.225 e. The maximum atomic E-state index is 12.4. The zero-order valence-electron chi connectivity index (χ0n) is 18.7. The van der Waals surface area contributed by atoms with Gasteiger partial charge in [-0.2, -0.15) is 5.10 Å². The molecule has 7 heteroatoms. The molecule has 1 unspecified atom stereocenters. The monoisotopic (exact) mass is 431 g/mol. The molecule has 0 spiro atoms. The van der Waals surface area contributed by atoms with Gasteiger partial charge in [0.05, 0.1) is 5.69 Å². The predicted molar refractivity (Wildman–Crippen MR) is 123 cm³/mol. The predicted octanol–water partition coefficient (Wildman–Crippen LogP) is 3.64. The lowest BCUT2D eigenvalue weighted by Gasteiger charge is -2.15. The van der Waals surface area contributed by atoms with Crippen LogP contribution in [0, 0.1) is 19.8 Å². The summed E-state index contributed by atoms with van der Waals surface area (Å²) in [6.45, 7) is 5.61. The van der Waals surface area contributed by atoms with Gasteiger partial charge in [0.2, 0.25) is 11.8 Å². The first-order valence-corrected chi connectivity index (χ1v) is 11.5. The van der Waals surface area contributed by atoms with Crippen molar-refractivity contribution in [1.82, 2.24) is 19.5 Å². The Kier molecular flexibility index (Phi) is 5.41. The van der Waals surface area contributed by atoms with Gasteiger partial charge < -0.3 is 10.2 Å². The Morgan fingerprint density at radius 2 is 1.91 bits per heavy atom. The van der Waals surface area contributed by atoms with E-state index in [1.807, 2.05) is 53.6 Å². The first kappa shape index (κ1) is 20.7. The third-order valence-electron chi connectivity index (χ3n) is 6.69. The van der Waals surface area contributed by atoms with Crippen molar-refractivity contribution in [3.8, 4) is 0 Å². The van der Waals surface area contributed by atoms with Crippen LogP contribution in [0.15, 0.2) is 36.4 Å². The molecule has 1 saturated heterocycles. The molecule has 1 aliphatic heterocycles. The van der Waals surface area contributed by atoms with Crippen LogP contribution in [-0.4, -0.2) is 44.4 Å². The topological polar surface area (TPSA) is 79.6 Å². The molecule has 1 saturated carbocycles. The molecule has 7 nitrogen and oxygen atoms in total. The Balaban J connectivity index is 1.29. The van der Waals surface area contributed by atoms with Gasteiger partial charge in [-0.05, 0) is 57.2 Å². The number of carbonyl (C=O) groups is 2. The van der Waals surface area contributed by atoms with E-state index in [2.05, 4.69) is 11.4 Å². The van der Waals surface area contributed by atoms with Gasteiger partial charge in [-0.1, -0.05) is 18.2 Å². The highest BCUT2D eigenvalue weighted by Crippen LogP contribution is 2.35. The van der Waals surface area contributed by atoms with Gasteiger partial charge in [-0.3, -0.25) is 9.59 Å². The number of anilines is 1. The molecule has 3 aromatic rings. The van der Waals surface area contributed by atoms with Gasteiger partial charge in [0.1, 0.15) is 0 Å². The van der Waals surface area contributed by atoms with Crippen LogP contribution in [0.5, 0.6) is 0 Å². The summed E-state index contributed by atoms with van der Waals surface area (Å²) in [5, 5.41) is 7.80. The Bertz CT molecular complexity index is 1170. The largest absolute Gasteiger partial charge is 0.342 e. The first-order chi connectivity index (χ1) is 15.5. The SMILES string of the molecule is Cc1nc2cc(C3CCN(C(=O)C4CC4)C3)nn2c(C)c1CCC(=O)Nc1ccccc1. The molecular weight excluding hydrogens is 402 g/mol. The average molecular weight is 432 g/mol. The fraction of sp³-hybridized carbons (Fsp3) is 0.440. The molecular formula is C25H29N5O2. The first-order valence-electron chi connectivity index (χ1n) is 11.5. The molecule has 1 atom stereocenters. The van der Waals surface area contributed by atoms with Crippen molar-refractivity contribution in [2.24, 2.45) is 5.92 Å². The van der Waals surface area contributed by atoms with Crippen molar-refractivity contribution < 1.29 is 9.59 Å². The van der Waals surface area contributed by atoms with E-state index < -0.39 is 0 Å². The third kappa shape index (κ3) is 4.11. The number of benzene rings is 1. The zero-order chi connectivity index (χ0) is 22.2. The number of hydrogen-bond donors (Lipinski definition) is 1. The van der Waals surface area contributed by atoms with Gasteiger partial charge in [0, 0.05) is 54.5 Å². The highest BCUT2D eigenvalue weighted by molar-refractivity contribution is 5.90. The zero-order valence-corrected chi connectivity index (χ0v) is 18.7. The van der Waals surface area contributed by atoms with E-state index in [1.54, 1.807) is 0 Å². The lowest BCUT2D eigenvalue weighted by molar-refractivity contribution is -0.131. The summed E-state index contributed by atoms with van der Waals surface area (Å²) in [6, 6.07) is 11.6. The Morgan fingerprint density at radius 3 is 2.66 bits per heavy atom. The fourth-order valence-corrected chi connectivity index (χ4v) is 4.68. The van der Waals surface area contributed by atoms with Crippen molar-refractivity contribution in [1.29, 1.82) is 0 Å². The number of likely N-dealkylation sites (tertiary alicyclic amines) is 1. The molecule has 166 valence electrons. The van der Waals surface area contributed by atoms with Crippen LogP contribution < -0.4 is 5.32 Å². The summed E-state index contributed by atoms with van der Waals surface area (Å²) in [5.41, 5.74) is 5.67. The molecule has 2 aromatic heterocycles. The van der Waals surface area contributed by atoms with Gasteiger partial charge >= 0.3 is 0 Å². The number of hydrogen-bond acceptors (Lipinski definition) is 4. The average Bonchev–Trinajstić information content (AvgIpc) is 3.35. The minimum atomic E-state index is -0.0115. The van der Waals surface area contributed by atoms with Crippen LogP contribution in [0.4, 0.5) is 5.69 Å². The summed E-state index contributed by atoms with van der Waals surface area (Å²) in [4.78, 5) is 31.6. The molecule has 1 aromatic carbocycles. The number of para-hydroxylation sites is 1. The van der Waals surface area contributed by atoms with Crippen molar-refractivity contribution in [2.45, 2.75) is 51.9 Å². The van der Waals surface area contributed by atoms with Crippen LogP contribution in [0.25, 0.3) is 5.65 Å². The molecule has 2 amide bonds. The Hall–Kier alpha value is -3.22. The maximum Gasteiger partial charge on any atom is 0.225 e. The number of nitrogens with one attached hydrogen (secondary N) is 1. The highest BCUT2D eigenvalue weighted by Gasteiger charge is 2.37. The Morgan fingerprint density at radius 1 is 1.12 bits per heavy atom. The number of aryl methyl sites for hydroxylation is 2. The lowest BCUT2D eigenvalue weighted by atomic mass is 10.1. The van der Waals surface area contributed by atoms with Crippen LogP contribution in [0.3, 0.4) is 0 Å². The van der Waals surface area contributed by atoms with Gasteiger partial charge in [-0.25, -0.2) is 9.50 Å². The van der Waals surface area contributed by atoms with Gasteiger partial charge in [0.15, 0.2) is 5.65 Å². The quantitative estimate of drug-likeness (QED) is 0.646. The minimum absolute atomic E-state index is 0.0115. The second kappa shape index (κ2) is 8.37. The van der Waals surface area contributed by atoms with Gasteiger partial charge in [-0.15, -0.1) is 0 Å². The van der Waals surface area contributed by atoms with Crippen LogP contribution in [0.1, 0.15) is 54.2 Å². The molecule has 5 rings (SSSR count). The molecule has 32 heavy (non-hydrogen) atoms. The number of aromatic nitrogens is 3. The van der Waals surface area contributed by atoms with E-state index in [4.69, 9.17) is 10.1 Å². The van der Waals surface area contributed by atoms with E-state index in [1.165, 1.54) is 0 Å². The molecule has 2 fully saturated rings. The second-order valence-electron chi connectivity index (χ2n) is 9.06. The van der Waals surface area contributed by atoms with Crippen molar-refractivity contribution in [3.63, 3.8) is 0 Å². The molecule has 0 radical (unpaired) electrons. The van der Waals surface area contributed by atoms with Crippen LogP contribution in [0.2, 0.25) is 0 Å². The lowest BCUT2D eigenvalue weighted by Crippen LogP contribution is -2.29. The summed E-state index contributed by atoms with van der Waals surface area (Å²) in [7, 11) is 0. The molecule has 0 bridgehead atoms. The number of nitrogens with zero attached hydrogens (tertiary/aromatic N) is 4. The summed E-state index contributed by atoms with van der Waals surface area (Å²) >= 11 is 0. The van der Waals surface area contributed by atoms with E-state index in [0.29, 0.717) is 18.7 Å². The van der Waals surface area contributed by atoms with E-state index in [0.717, 1.165) is 66.3 Å². The van der Waals surface area contributed by atoms with Crippen molar-refractivity contribution in [2.75, 3.05) is 18.4 Å². The number of amides is 2. The van der Waals surface area contributed by atoms with Gasteiger partial charge in [0.25, 0.3) is 0 Å². The highest BCUT2D eigenvalue weighted by atomic mass is 16.2. The minimum Gasteiger partial charge on any atom is -0.342 e. The van der Waals surface area contributed by atoms with E-state index in [9.17, 15) is 9.59 Å². The van der Waals surface area contributed by atoms with E-state index >= 15 is 0 Å². The normalized spacial score (nSPS) is 18.3. The molecule has 1 aliphatic carbocycles. The summed E-state index contributed by atoms with van der Waals surface area (Å²) in [5.74, 6) is 0.836. The second-order valence-corrected chi connectivity index (χ2v) is 9.06. The molecule has 1 N–H and O–H groups in total. The number of rotatable bonds is 6. The fourth-order valence-electron chi connectivity index (χ4n) is 4.68. The van der Waals surface area contributed by atoms with Crippen molar-refractivity contribution >= 4 is 23.1 Å². The molecule has 3 heterocycles. The summed E-state index contributed by atoms with van der Waals surface area (Å²) < 4.78 is 1.90. The Labute approximate surface area is 187 Å². The van der Waals surface area contributed by atoms with Crippen LogP contribution in [-0.2, 0) is 16.0 Å². The van der Waals surface area contributed by atoms with Crippen LogP contribution >= 0.6 is 0 Å².